The second kappa shape index (κ2) is 2.76. The number of amides is 1. The summed E-state index contributed by atoms with van der Waals surface area (Å²) in [5, 5.41) is 0. The number of hydrogen-bond acceptors (Lipinski definition) is 2. The topological polar surface area (TPSA) is 32.7 Å². The van der Waals surface area contributed by atoms with Gasteiger partial charge in [0, 0.05) is 31.3 Å². The van der Waals surface area contributed by atoms with Crippen molar-refractivity contribution in [2.24, 2.45) is 4.99 Å². The van der Waals surface area contributed by atoms with E-state index >= 15 is 0 Å². The van der Waals surface area contributed by atoms with E-state index in [1.165, 1.54) is 0 Å². The van der Waals surface area contributed by atoms with Crippen molar-refractivity contribution in [3.05, 3.63) is 5.70 Å². The molecule has 0 radical (unpaired) electrons. The van der Waals surface area contributed by atoms with E-state index in [0.717, 1.165) is 31.5 Å². The molecule has 3 nitrogen and oxygen atoms in total. The standard InChI is InChI=1S/C9H12N2O/c1-7(5-8-6-10-8)11-4-2-3-9(11)12/h7H,2-5H2,1H3. The lowest BCUT2D eigenvalue weighted by Crippen LogP contribution is -2.33. The van der Waals surface area contributed by atoms with Gasteiger partial charge in [-0.15, -0.1) is 0 Å². The van der Waals surface area contributed by atoms with Gasteiger partial charge < -0.3 is 4.90 Å². The summed E-state index contributed by atoms with van der Waals surface area (Å²) in [7, 11) is 0. The molecule has 0 aromatic heterocycles. The van der Waals surface area contributed by atoms with Crippen molar-refractivity contribution in [3.63, 3.8) is 0 Å². The first-order chi connectivity index (χ1) is 5.77. The highest BCUT2D eigenvalue weighted by atomic mass is 16.2. The first-order valence-corrected chi connectivity index (χ1v) is 4.39. The van der Waals surface area contributed by atoms with Crippen molar-refractivity contribution in [1.82, 2.24) is 4.90 Å². The van der Waals surface area contributed by atoms with Gasteiger partial charge in [0.2, 0.25) is 5.91 Å². The Morgan fingerprint density at radius 1 is 1.75 bits per heavy atom. The molecule has 3 heteroatoms. The molecular weight excluding hydrogens is 152 g/mol. The van der Waals surface area contributed by atoms with Crippen molar-refractivity contribution >= 4 is 11.8 Å². The van der Waals surface area contributed by atoms with E-state index in [1.807, 2.05) is 4.90 Å². The number of likely N-dealkylation sites (tertiary alicyclic amines) is 1. The summed E-state index contributed by atoms with van der Waals surface area (Å²) in [5.74, 6) is 3.10. The summed E-state index contributed by atoms with van der Waals surface area (Å²) >= 11 is 0. The van der Waals surface area contributed by atoms with Gasteiger partial charge in [0.05, 0.1) is 0 Å². The van der Waals surface area contributed by atoms with Gasteiger partial charge in [0.15, 0.2) is 0 Å². The van der Waals surface area contributed by atoms with Crippen molar-refractivity contribution in [1.29, 1.82) is 0 Å². The number of rotatable bonds is 3. The predicted octanol–water partition coefficient (Wildman–Crippen LogP) is 0.955. The summed E-state index contributed by atoms with van der Waals surface area (Å²) in [6.45, 7) is 3.00. The lowest BCUT2D eigenvalue weighted by Gasteiger charge is -2.22. The van der Waals surface area contributed by atoms with Crippen LogP contribution in [0.5, 0.6) is 0 Å². The zero-order valence-electron chi connectivity index (χ0n) is 7.21. The van der Waals surface area contributed by atoms with E-state index in [4.69, 9.17) is 0 Å². The van der Waals surface area contributed by atoms with Crippen LogP contribution in [0.2, 0.25) is 0 Å². The number of hydrogen-bond donors (Lipinski definition) is 0. The van der Waals surface area contributed by atoms with Crippen LogP contribution in [0, 0.1) is 0 Å². The molecule has 2 rings (SSSR count). The highest BCUT2D eigenvalue weighted by Crippen LogP contribution is 2.19. The van der Waals surface area contributed by atoms with E-state index in [-0.39, 0.29) is 0 Å². The minimum atomic E-state index is 0.295. The lowest BCUT2D eigenvalue weighted by molar-refractivity contribution is -0.129. The Morgan fingerprint density at radius 3 is 3.00 bits per heavy atom. The van der Waals surface area contributed by atoms with Crippen molar-refractivity contribution in [3.8, 4) is 0 Å². The number of carbonyl (C=O) groups excluding carboxylic acids is 1. The normalized spacial score (nSPS) is 22.9. The molecule has 2 aliphatic heterocycles. The average molecular weight is 164 g/mol. The van der Waals surface area contributed by atoms with Crippen molar-refractivity contribution in [2.75, 3.05) is 6.54 Å². The zero-order valence-corrected chi connectivity index (χ0v) is 7.21. The number of carbonyl (C=O) groups is 1. The average Bonchev–Trinajstić information content (AvgIpc) is 2.72. The predicted molar refractivity (Wildman–Crippen MR) is 46.0 cm³/mol. The van der Waals surface area contributed by atoms with Gasteiger partial charge in [-0.1, -0.05) is 0 Å². The molecule has 1 atom stereocenters. The minimum Gasteiger partial charge on any atom is -0.340 e. The Morgan fingerprint density at radius 2 is 2.50 bits per heavy atom. The smallest absolute Gasteiger partial charge is 0.222 e. The number of aliphatic imine (C=N–C) groups is 1. The molecule has 64 valence electrons. The zero-order chi connectivity index (χ0) is 8.55. The highest BCUT2D eigenvalue weighted by molar-refractivity contribution is 5.78. The maximum absolute atomic E-state index is 11.3. The fourth-order valence-electron chi connectivity index (χ4n) is 1.66. The van der Waals surface area contributed by atoms with Gasteiger partial charge >= 0.3 is 0 Å². The van der Waals surface area contributed by atoms with E-state index in [9.17, 15) is 4.79 Å². The molecular formula is C9H12N2O. The first-order valence-electron chi connectivity index (χ1n) is 4.39. The van der Waals surface area contributed by atoms with Crippen LogP contribution in [-0.4, -0.2) is 29.3 Å². The third kappa shape index (κ3) is 1.41. The molecule has 0 aliphatic carbocycles. The molecule has 0 aromatic rings. The third-order valence-corrected chi connectivity index (χ3v) is 2.40. The van der Waals surface area contributed by atoms with Crippen molar-refractivity contribution < 1.29 is 4.79 Å². The Bertz CT molecular complexity index is 276. The van der Waals surface area contributed by atoms with E-state index in [2.05, 4.69) is 17.8 Å². The molecule has 0 saturated carbocycles. The highest BCUT2D eigenvalue weighted by Gasteiger charge is 2.26. The van der Waals surface area contributed by atoms with E-state index < -0.39 is 0 Å². The Balaban J connectivity index is 1.89. The first kappa shape index (κ1) is 7.56. The molecule has 1 fully saturated rings. The van der Waals surface area contributed by atoms with Gasteiger partial charge in [-0.25, -0.2) is 0 Å². The second-order valence-electron chi connectivity index (χ2n) is 3.41. The largest absolute Gasteiger partial charge is 0.340 e. The van der Waals surface area contributed by atoms with E-state index in [1.54, 1.807) is 0 Å². The lowest BCUT2D eigenvalue weighted by atomic mass is 10.2. The Labute approximate surface area is 71.8 Å². The molecule has 12 heavy (non-hydrogen) atoms. The maximum Gasteiger partial charge on any atom is 0.222 e. The molecule has 0 bridgehead atoms. The molecule has 1 saturated heterocycles. The summed E-state index contributed by atoms with van der Waals surface area (Å²) in [6.07, 6.45) is 2.62. The number of nitrogens with zero attached hydrogens (tertiary/aromatic N) is 2. The molecule has 0 aromatic carbocycles. The summed E-state index contributed by atoms with van der Waals surface area (Å²) < 4.78 is 0. The van der Waals surface area contributed by atoms with Crippen molar-refractivity contribution in [2.45, 2.75) is 32.2 Å². The SMILES string of the molecule is CC(CC1=C=N1)N1CCCC1=O. The van der Waals surface area contributed by atoms with Crippen LogP contribution < -0.4 is 0 Å². The fraction of sp³-hybridized carbons (Fsp3) is 0.667. The summed E-state index contributed by atoms with van der Waals surface area (Å²) in [6, 6.07) is 0.314. The van der Waals surface area contributed by atoms with Crippen LogP contribution >= 0.6 is 0 Å². The van der Waals surface area contributed by atoms with Gasteiger partial charge in [0.25, 0.3) is 0 Å². The summed E-state index contributed by atoms with van der Waals surface area (Å²) in [4.78, 5) is 17.1. The van der Waals surface area contributed by atoms with Gasteiger partial charge in [-0.05, 0) is 13.3 Å². The maximum atomic E-state index is 11.3. The van der Waals surface area contributed by atoms with Crippen LogP contribution in [0.15, 0.2) is 10.7 Å². The van der Waals surface area contributed by atoms with Crippen LogP contribution in [0.1, 0.15) is 26.2 Å². The quantitative estimate of drug-likeness (QED) is 0.611. The van der Waals surface area contributed by atoms with E-state index in [0.29, 0.717) is 11.9 Å². The second-order valence-corrected chi connectivity index (χ2v) is 3.41. The molecule has 0 N–H and O–H groups in total. The molecule has 1 unspecified atom stereocenters. The Hall–Kier alpha value is -1.08. The summed E-state index contributed by atoms with van der Waals surface area (Å²) in [5.41, 5.74) is 1.03. The van der Waals surface area contributed by atoms with Gasteiger partial charge in [-0.2, -0.15) is 4.99 Å². The monoisotopic (exact) mass is 164 g/mol. The van der Waals surface area contributed by atoms with Crippen LogP contribution in [-0.2, 0) is 4.79 Å². The Kier molecular flexibility index (Phi) is 1.74. The van der Waals surface area contributed by atoms with Gasteiger partial charge in [-0.3, -0.25) is 4.79 Å². The third-order valence-electron chi connectivity index (χ3n) is 2.40. The van der Waals surface area contributed by atoms with Crippen LogP contribution in [0.3, 0.4) is 0 Å². The molecule has 0 spiro atoms. The molecule has 2 aliphatic rings. The molecule has 1 amide bonds. The van der Waals surface area contributed by atoms with Crippen LogP contribution in [0.4, 0.5) is 0 Å². The molecule has 2 heterocycles. The minimum absolute atomic E-state index is 0.295. The van der Waals surface area contributed by atoms with Gasteiger partial charge in [0.1, 0.15) is 5.70 Å². The van der Waals surface area contributed by atoms with Crippen LogP contribution in [0.25, 0.3) is 0 Å². The fourth-order valence-corrected chi connectivity index (χ4v) is 1.66.